The van der Waals surface area contributed by atoms with Crippen LogP contribution in [0.15, 0.2) is 47.6 Å². The predicted octanol–water partition coefficient (Wildman–Crippen LogP) is 5.52. The van der Waals surface area contributed by atoms with Gasteiger partial charge in [-0.1, -0.05) is 51.0 Å². The topological polar surface area (TPSA) is 59.9 Å². The SMILES string of the molecule is CC(C)c1cccc(C(C)C)c1NC(=O)CO/N=C/c1ccc(OC(F)F)cc1. The van der Waals surface area contributed by atoms with Crippen LogP contribution in [0.3, 0.4) is 0 Å². The second-order valence-electron chi connectivity index (χ2n) is 7.12. The number of halogens is 2. The average molecular weight is 404 g/mol. The number of nitrogens with zero attached hydrogens (tertiary/aromatic N) is 1. The third kappa shape index (κ3) is 6.85. The highest BCUT2D eigenvalue weighted by Crippen LogP contribution is 2.32. The summed E-state index contributed by atoms with van der Waals surface area (Å²) in [4.78, 5) is 17.4. The van der Waals surface area contributed by atoms with Crippen molar-refractivity contribution in [1.29, 1.82) is 0 Å². The van der Waals surface area contributed by atoms with Gasteiger partial charge in [0.1, 0.15) is 5.75 Å². The standard InChI is InChI=1S/C22H26F2N2O3/c1-14(2)18-6-5-7-19(15(3)4)21(18)26-20(27)13-28-25-12-16-8-10-17(11-9-16)29-22(23)24/h5-12,14-15,22H,13H2,1-4H3,(H,26,27)/b25-12+. The summed E-state index contributed by atoms with van der Waals surface area (Å²) in [5.74, 6) is 0.278. The van der Waals surface area contributed by atoms with Gasteiger partial charge in [0.15, 0.2) is 6.61 Å². The number of ether oxygens (including phenoxy) is 1. The monoisotopic (exact) mass is 404 g/mol. The van der Waals surface area contributed by atoms with E-state index in [-0.39, 0.29) is 30.1 Å². The quantitative estimate of drug-likeness (QED) is 0.442. The van der Waals surface area contributed by atoms with Crippen LogP contribution < -0.4 is 10.1 Å². The van der Waals surface area contributed by atoms with Gasteiger partial charge in [0.05, 0.1) is 6.21 Å². The first-order valence-corrected chi connectivity index (χ1v) is 9.40. The largest absolute Gasteiger partial charge is 0.435 e. The van der Waals surface area contributed by atoms with Crippen LogP contribution in [0.2, 0.25) is 0 Å². The van der Waals surface area contributed by atoms with Gasteiger partial charge < -0.3 is 14.9 Å². The Morgan fingerprint density at radius 2 is 1.62 bits per heavy atom. The van der Waals surface area contributed by atoms with Crippen LogP contribution in [0.5, 0.6) is 5.75 Å². The maximum absolute atomic E-state index is 12.3. The Bertz CT molecular complexity index is 808. The molecule has 2 rings (SSSR count). The number of amides is 1. The Morgan fingerprint density at radius 1 is 1.03 bits per heavy atom. The first kappa shape index (κ1) is 22.3. The highest BCUT2D eigenvalue weighted by molar-refractivity contribution is 5.93. The van der Waals surface area contributed by atoms with Gasteiger partial charge >= 0.3 is 6.61 Å². The van der Waals surface area contributed by atoms with E-state index < -0.39 is 6.61 Å². The summed E-state index contributed by atoms with van der Waals surface area (Å²) in [5, 5.41) is 6.69. The summed E-state index contributed by atoms with van der Waals surface area (Å²) in [6.07, 6.45) is 1.39. The van der Waals surface area contributed by atoms with Gasteiger partial charge in [-0.2, -0.15) is 8.78 Å². The Labute approximate surface area is 169 Å². The van der Waals surface area contributed by atoms with Crippen LogP contribution in [-0.2, 0) is 9.63 Å². The maximum Gasteiger partial charge on any atom is 0.387 e. The fourth-order valence-corrected chi connectivity index (χ4v) is 2.80. The minimum Gasteiger partial charge on any atom is -0.435 e. The van der Waals surface area contributed by atoms with E-state index in [2.05, 4.69) is 42.9 Å². The molecular weight excluding hydrogens is 378 g/mol. The van der Waals surface area contributed by atoms with Crippen LogP contribution in [0.1, 0.15) is 56.2 Å². The van der Waals surface area contributed by atoms with Gasteiger partial charge in [-0.3, -0.25) is 4.79 Å². The predicted molar refractivity (Wildman–Crippen MR) is 110 cm³/mol. The number of rotatable bonds is 9. The summed E-state index contributed by atoms with van der Waals surface area (Å²) < 4.78 is 28.5. The smallest absolute Gasteiger partial charge is 0.387 e. The van der Waals surface area contributed by atoms with Crippen molar-refractivity contribution in [3.63, 3.8) is 0 Å². The minimum absolute atomic E-state index is 0.0576. The second-order valence-corrected chi connectivity index (χ2v) is 7.12. The molecule has 1 amide bonds. The molecule has 29 heavy (non-hydrogen) atoms. The van der Waals surface area contributed by atoms with Crippen LogP contribution in [-0.4, -0.2) is 25.3 Å². The molecule has 5 nitrogen and oxygen atoms in total. The second kappa shape index (κ2) is 10.5. The fourth-order valence-electron chi connectivity index (χ4n) is 2.80. The Hall–Kier alpha value is -2.96. The van der Waals surface area contributed by atoms with Crippen LogP contribution >= 0.6 is 0 Å². The molecule has 0 aliphatic heterocycles. The van der Waals surface area contributed by atoms with Crippen LogP contribution in [0.25, 0.3) is 0 Å². The molecule has 0 aliphatic rings. The molecule has 7 heteroatoms. The highest BCUT2D eigenvalue weighted by Gasteiger charge is 2.16. The van der Waals surface area contributed by atoms with E-state index in [1.54, 1.807) is 12.1 Å². The zero-order chi connectivity index (χ0) is 21.4. The summed E-state index contributed by atoms with van der Waals surface area (Å²) >= 11 is 0. The molecule has 0 heterocycles. The molecule has 0 unspecified atom stereocenters. The van der Waals surface area contributed by atoms with Crippen LogP contribution in [0, 0.1) is 0 Å². The summed E-state index contributed by atoms with van der Waals surface area (Å²) in [6.45, 7) is 5.20. The van der Waals surface area contributed by atoms with Gasteiger partial charge in [-0.25, -0.2) is 0 Å². The Kier molecular flexibility index (Phi) is 8.12. The first-order chi connectivity index (χ1) is 13.8. The van der Waals surface area contributed by atoms with E-state index in [1.165, 1.54) is 18.3 Å². The number of alkyl halides is 2. The summed E-state index contributed by atoms with van der Waals surface area (Å²) in [6, 6.07) is 11.9. The lowest BCUT2D eigenvalue weighted by Crippen LogP contribution is -2.19. The number of oxime groups is 1. The molecule has 0 spiro atoms. The lowest BCUT2D eigenvalue weighted by molar-refractivity contribution is -0.120. The number of nitrogens with one attached hydrogen (secondary N) is 1. The van der Waals surface area contributed by atoms with E-state index in [1.807, 2.05) is 18.2 Å². The molecule has 0 aromatic heterocycles. The summed E-state index contributed by atoms with van der Waals surface area (Å²) in [7, 11) is 0. The van der Waals surface area contributed by atoms with Gasteiger partial charge in [0, 0.05) is 5.69 Å². The minimum atomic E-state index is -2.87. The molecule has 0 bridgehead atoms. The number of carbonyl (C=O) groups excluding carboxylic acids is 1. The lowest BCUT2D eigenvalue weighted by atomic mass is 9.92. The highest BCUT2D eigenvalue weighted by atomic mass is 19.3. The molecule has 0 atom stereocenters. The number of benzene rings is 2. The van der Waals surface area contributed by atoms with E-state index in [0.29, 0.717) is 5.56 Å². The van der Waals surface area contributed by atoms with Gasteiger partial charge in [0.2, 0.25) is 0 Å². The van der Waals surface area contributed by atoms with E-state index in [4.69, 9.17) is 4.84 Å². The number of hydrogen-bond acceptors (Lipinski definition) is 4. The molecule has 1 N–H and O–H groups in total. The Morgan fingerprint density at radius 3 is 2.14 bits per heavy atom. The zero-order valence-corrected chi connectivity index (χ0v) is 17.0. The average Bonchev–Trinajstić information content (AvgIpc) is 2.65. The van der Waals surface area contributed by atoms with Crippen molar-refractivity contribution >= 4 is 17.8 Å². The normalized spacial score (nSPS) is 11.5. The van der Waals surface area contributed by atoms with Gasteiger partial charge in [-0.15, -0.1) is 0 Å². The van der Waals surface area contributed by atoms with Gasteiger partial charge in [-0.05, 0) is 52.8 Å². The van der Waals surface area contributed by atoms with E-state index in [9.17, 15) is 13.6 Å². The van der Waals surface area contributed by atoms with Crippen molar-refractivity contribution in [1.82, 2.24) is 0 Å². The molecule has 2 aromatic carbocycles. The Balaban J connectivity index is 1.94. The van der Waals surface area contributed by atoms with Crippen LogP contribution in [0.4, 0.5) is 14.5 Å². The molecule has 0 fully saturated rings. The molecule has 0 aliphatic carbocycles. The molecule has 0 saturated heterocycles. The summed E-state index contributed by atoms with van der Waals surface area (Å²) in [5.41, 5.74) is 3.59. The van der Waals surface area contributed by atoms with Crippen molar-refractivity contribution in [3.8, 4) is 5.75 Å². The van der Waals surface area contributed by atoms with Crippen molar-refractivity contribution in [2.75, 3.05) is 11.9 Å². The number of hydrogen-bond donors (Lipinski definition) is 1. The third-order valence-corrected chi connectivity index (χ3v) is 4.21. The lowest BCUT2D eigenvalue weighted by Gasteiger charge is -2.19. The van der Waals surface area contributed by atoms with E-state index >= 15 is 0 Å². The van der Waals surface area contributed by atoms with Gasteiger partial charge in [0.25, 0.3) is 5.91 Å². The number of carbonyl (C=O) groups is 1. The fraction of sp³-hybridized carbons (Fsp3) is 0.364. The van der Waals surface area contributed by atoms with Crippen molar-refractivity contribution in [2.45, 2.75) is 46.1 Å². The number of para-hydroxylation sites is 1. The third-order valence-electron chi connectivity index (χ3n) is 4.21. The van der Waals surface area contributed by atoms with Crippen molar-refractivity contribution < 1.29 is 23.1 Å². The maximum atomic E-state index is 12.3. The molecule has 0 saturated carbocycles. The molecule has 2 aromatic rings. The van der Waals surface area contributed by atoms with Crippen molar-refractivity contribution in [2.24, 2.45) is 5.16 Å². The van der Waals surface area contributed by atoms with Crippen molar-refractivity contribution in [3.05, 3.63) is 59.2 Å². The molecule has 156 valence electrons. The molecular formula is C22H26F2N2O3. The number of anilines is 1. The van der Waals surface area contributed by atoms with E-state index in [0.717, 1.165) is 16.8 Å². The molecule has 0 radical (unpaired) electrons. The zero-order valence-electron chi connectivity index (χ0n) is 17.0. The first-order valence-electron chi connectivity index (χ1n) is 9.40.